The molecule has 0 spiro atoms. The standard InChI is InChI=1S/C22H27N3OS2/c1-15-6-9-18(10-7-15)27-14-20(26)25(13-12-24(4)5)22-23-21-17(3)16(2)8-11-19(21)28-22/h6-11H,12-14H2,1-5H3. The van der Waals surface area contributed by atoms with Crippen LogP contribution < -0.4 is 4.90 Å². The number of thiazole rings is 1. The number of anilines is 1. The molecule has 148 valence electrons. The van der Waals surface area contributed by atoms with Gasteiger partial charge in [-0.15, -0.1) is 11.8 Å². The molecule has 1 heterocycles. The van der Waals surface area contributed by atoms with Crippen LogP contribution in [-0.4, -0.2) is 48.7 Å². The van der Waals surface area contributed by atoms with Crippen molar-refractivity contribution in [1.82, 2.24) is 9.88 Å². The molecule has 0 atom stereocenters. The van der Waals surface area contributed by atoms with E-state index in [-0.39, 0.29) is 5.91 Å². The topological polar surface area (TPSA) is 36.4 Å². The lowest BCUT2D eigenvalue weighted by atomic mass is 10.1. The predicted molar refractivity (Wildman–Crippen MR) is 122 cm³/mol. The number of amides is 1. The molecule has 0 aliphatic heterocycles. The summed E-state index contributed by atoms with van der Waals surface area (Å²) in [5.41, 5.74) is 4.65. The van der Waals surface area contributed by atoms with E-state index >= 15 is 0 Å². The van der Waals surface area contributed by atoms with Gasteiger partial charge >= 0.3 is 0 Å². The Morgan fingerprint density at radius 1 is 1.04 bits per heavy atom. The number of aromatic nitrogens is 1. The molecule has 0 fully saturated rings. The largest absolute Gasteiger partial charge is 0.308 e. The predicted octanol–water partition coefficient (Wildman–Crippen LogP) is 4.91. The van der Waals surface area contributed by atoms with E-state index in [0.717, 1.165) is 26.8 Å². The highest BCUT2D eigenvalue weighted by Gasteiger charge is 2.21. The molecule has 0 N–H and O–H groups in total. The van der Waals surface area contributed by atoms with Crippen LogP contribution in [0, 0.1) is 20.8 Å². The number of benzene rings is 2. The number of fused-ring (bicyclic) bond motifs is 1. The lowest BCUT2D eigenvalue weighted by Gasteiger charge is -2.21. The average molecular weight is 414 g/mol. The van der Waals surface area contributed by atoms with Gasteiger partial charge in [-0.25, -0.2) is 4.98 Å². The Balaban J connectivity index is 1.82. The lowest BCUT2D eigenvalue weighted by molar-refractivity contribution is -0.116. The van der Waals surface area contributed by atoms with Crippen molar-refractivity contribution in [3.8, 4) is 0 Å². The molecule has 1 amide bonds. The quantitative estimate of drug-likeness (QED) is 0.516. The molecule has 0 aliphatic carbocycles. The van der Waals surface area contributed by atoms with Crippen molar-refractivity contribution in [1.29, 1.82) is 0 Å². The van der Waals surface area contributed by atoms with Crippen molar-refractivity contribution >= 4 is 44.4 Å². The van der Waals surface area contributed by atoms with Crippen LogP contribution in [0.25, 0.3) is 10.2 Å². The maximum Gasteiger partial charge on any atom is 0.239 e. The highest BCUT2D eigenvalue weighted by Crippen LogP contribution is 2.32. The summed E-state index contributed by atoms with van der Waals surface area (Å²) in [7, 11) is 4.05. The molecule has 0 saturated carbocycles. The van der Waals surface area contributed by atoms with E-state index in [1.165, 1.54) is 16.7 Å². The Morgan fingerprint density at radius 3 is 2.43 bits per heavy atom. The van der Waals surface area contributed by atoms with Crippen LogP contribution in [0.3, 0.4) is 0 Å². The summed E-state index contributed by atoms with van der Waals surface area (Å²) in [6, 6.07) is 12.5. The number of likely N-dealkylation sites (N-methyl/N-ethyl adjacent to an activating group) is 1. The van der Waals surface area contributed by atoms with Crippen molar-refractivity contribution < 1.29 is 4.79 Å². The van der Waals surface area contributed by atoms with E-state index in [1.54, 1.807) is 23.1 Å². The molecule has 1 aromatic heterocycles. The van der Waals surface area contributed by atoms with Gasteiger partial charge in [-0.05, 0) is 64.2 Å². The first-order chi connectivity index (χ1) is 13.3. The first-order valence-electron chi connectivity index (χ1n) is 9.36. The van der Waals surface area contributed by atoms with Gasteiger partial charge in [-0.3, -0.25) is 9.69 Å². The minimum absolute atomic E-state index is 0.0980. The van der Waals surface area contributed by atoms with Gasteiger partial charge in [0.15, 0.2) is 5.13 Å². The summed E-state index contributed by atoms with van der Waals surface area (Å²) < 4.78 is 1.13. The maximum atomic E-state index is 13.1. The second kappa shape index (κ2) is 9.07. The van der Waals surface area contributed by atoms with Crippen LogP contribution in [0.4, 0.5) is 5.13 Å². The van der Waals surface area contributed by atoms with E-state index < -0.39 is 0 Å². The number of thioether (sulfide) groups is 1. The summed E-state index contributed by atoms with van der Waals surface area (Å²) in [6.07, 6.45) is 0. The molecule has 6 heteroatoms. The Morgan fingerprint density at radius 2 is 1.75 bits per heavy atom. The van der Waals surface area contributed by atoms with Gasteiger partial charge in [0.1, 0.15) is 0 Å². The van der Waals surface area contributed by atoms with Crippen LogP contribution >= 0.6 is 23.1 Å². The minimum atomic E-state index is 0.0980. The number of aryl methyl sites for hydroxylation is 3. The van der Waals surface area contributed by atoms with Crippen molar-refractivity contribution in [3.63, 3.8) is 0 Å². The molecule has 2 aromatic carbocycles. The molecule has 4 nitrogen and oxygen atoms in total. The molecule has 0 unspecified atom stereocenters. The first kappa shape index (κ1) is 20.8. The molecule has 3 rings (SSSR count). The summed E-state index contributed by atoms with van der Waals surface area (Å²) in [6.45, 7) is 7.70. The third-order valence-electron chi connectivity index (χ3n) is 4.76. The van der Waals surface area contributed by atoms with Gasteiger partial charge in [0.2, 0.25) is 5.91 Å². The summed E-state index contributed by atoms with van der Waals surface area (Å²) in [5, 5.41) is 0.792. The van der Waals surface area contributed by atoms with E-state index in [9.17, 15) is 4.79 Å². The second-order valence-corrected chi connectivity index (χ2v) is 9.36. The summed E-state index contributed by atoms with van der Waals surface area (Å²) in [5.74, 6) is 0.505. The number of rotatable bonds is 7. The monoisotopic (exact) mass is 413 g/mol. The fourth-order valence-electron chi connectivity index (χ4n) is 2.81. The third-order valence-corrected chi connectivity index (χ3v) is 6.80. The Bertz CT molecular complexity index is 964. The third kappa shape index (κ3) is 4.93. The van der Waals surface area contributed by atoms with Gasteiger partial charge in [0.25, 0.3) is 0 Å². The smallest absolute Gasteiger partial charge is 0.239 e. The molecule has 0 bridgehead atoms. The zero-order valence-corrected chi connectivity index (χ0v) is 18.8. The highest BCUT2D eigenvalue weighted by atomic mass is 32.2. The highest BCUT2D eigenvalue weighted by molar-refractivity contribution is 8.00. The number of hydrogen-bond acceptors (Lipinski definition) is 5. The van der Waals surface area contributed by atoms with Crippen molar-refractivity contribution in [3.05, 3.63) is 53.1 Å². The van der Waals surface area contributed by atoms with E-state index in [0.29, 0.717) is 12.3 Å². The normalized spacial score (nSPS) is 11.4. The summed E-state index contributed by atoms with van der Waals surface area (Å²) >= 11 is 3.18. The van der Waals surface area contributed by atoms with Crippen LogP contribution in [0.2, 0.25) is 0 Å². The van der Waals surface area contributed by atoms with Gasteiger partial charge in [-0.2, -0.15) is 0 Å². The minimum Gasteiger partial charge on any atom is -0.308 e. The maximum absolute atomic E-state index is 13.1. The van der Waals surface area contributed by atoms with Gasteiger partial charge in [0.05, 0.1) is 16.0 Å². The number of hydrogen-bond donors (Lipinski definition) is 0. The first-order valence-corrected chi connectivity index (χ1v) is 11.2. The molecule has 0 radical (unpaired) electrons. The number of carbonyl (C=O) groups excluding carboxylic acids is 1. The van der Waals surface area contributed by atoms with Crippen molar-refractivity contribution in [2.45, 2.75) is 25.7 Å². The molecule has 0 aliphatic rings. The molecule has 0 saturated heterocycles. The van der Waals surface area contributed by atoms with Gasteiger partial charge in [-0.1, -0.05) is 35.1 Å². The van der Waals surface area contributed by atoms with Crippen LogP contribution in [0.15, 0.2) is 41.3 Å². The molecule has 3 aromatic rings. The lowest BCUT2D eigenvalue weighted by Crippen LogP contribution is -2.37. The second-order valence-electron chi connectivity index (χ2n) is 7.30. The Kier molecular flexibility index (Phi) is 6.75. The zero-order chi connectivity index (χ0) is 20.3. The van der Waals surface area contributed by atoms with Crippen LogP contribution in [-0.2, 0) is 4.79 Å². The van der Waals surface area contributed by atoms with Crippen LogP contribution in [0.1, 0.15) is 16.7 Å². The zero-order valence-electron chi connectivity index (χ0n) is 17.2. The van der Waals surface area contributed by atoms with Gasteiger partial charge < -0.3 is 4.90 Å². The van der Waals surface area contributed by atoms with Crippen LogP contribution in [0.5, 0.6) is 0 Å². The van der Waals surface area contributed by atoms with Gasteiger partial charge in [0, 0.05) is 18.0 Å². The molecular weight excluding hydrogens is 386 g/mol. The van der Waals surface area contributed by atoms with Crippen molar-refractivity contribution in [2.24, 2.45) is 0 Å². The Labute approximate surface area is 175 Å². The van der Waals surface area contributed by atoms with E-state index in [4.69, 9.17) is 4.98 Å². The van der Waals surface area contributed by atoms with E-state index in [1.807, 2.05) is 19.0 Å². The Hall–Kier alpha value is -1.89. The molecular formula is C22H27N3OS2. The molecule has 28 heavy (non-hydrogen) atoms. The van der Waals surface area contributed by atoms with E-state index in [2.05, 4.69) is 62.1 Å². The fraction of sp³-hybridized carbons (Fsp3) is 0.364. The SMILES string of the molecule is Cc1ccc(SCC(=O)N(CCN(C)C)c2nc3c(C)c(C)ccc3s2)cc1. The summed E-state index contributed by atoms with van der Waals surface area (Å²) in [4.78, 5) is 23.0. The average Bonchev–Trinajstić information content (AvgIpc) is 3.09. The fourth-order valence-corrected chi connectivity index (χ4v) is 4.66. The number of carbonyl (C=O) groups is 1. The van der Waals surface area contributed by atoms with Crippen molar-refractivity contribution in [2.75, 3.05) is 37.8 Å². The number of nitrogens with zero attached hydrogens (tertiary/aromatic N) is 3.